The lowest BCUT2D eigenvalue weighted by molar-refractivity contribution is -0.144. The highest BCUT2D eigenvalue weighted by atomic mass is 16.4. The summed E-state index contributed by atoms with van der Waals surface area (Å²) in [6.07, 6.45) is -0.418. The van der Waals surface area contributed by atoms with E-state index in [1.807, 2.05) is 0 Å². The first-order chi connectivity index (χ1) is 10.5. The Morgan fingerprint density at radius 1 is 0.913 bits per heavy atom. The lowest BCUT2D eigenvalue weighted by Crippen LogP contribution is -2.32. The van der Waals surface area contributed by atoms with Crippen LogP contribution in [-0.2, 0) is 20.8 Å². The molecule has 1 rings (SSSR count). The molecule has 0 saturated heterocycles. The number of benzene rings is 1. The molecule has 0 aromatic heterocycles. The SMILES string of the molecule is NC(CC(=O)O)C(=O)O.N[C@@H](Cc1ccc(O)c(O)c1)C(=O)O. The van der Waals surface area contributed by atoms with Gasteiger partial charge in [-0.15, -0.1) is 0 Å². The molecule has 0 aliphatic heterocycles. The molecule has 0 aliphatic carbocycles. The van der Waals surface area contributed by atoms with Crippen LogP contribution in [0.1, 0.15) is 12.0 Å². The second-order valence-electron chi connectivity index (χ2n) is 4.51. The van der Waals surface area contributed by atoms with Gasteiger partial charge in [-0.1, -0.05) is 6.07 Å². The Labute approximate surface area is 130 Å². The molecule has 10 nitrogen and oxygen atoms in total. The van der Waals surface area contributed by atoms with Crippen molar-refractivity contribution in [1.82, 2.24) is 0 Å². The summed E-state index contributed by atoms with van der Waals surface area (Å²) in [4.78, 5) is 30.0. The molecule has 2 atom stereocenters. The van der Waals surface area contributed by atoms with Crippen LogP contribution in [0.5, 0.6) is 11.5 Å². The van der Waals surface area contributed by atoms with Crippen LogP contribution in [0.15, 0.2) is 18.2 Å². The minimum Gasteiger partial charge on any atom is -0.504 e. The minimum atomic E-state index is -1.29. The van der Waals surface area contributed by atoms with Gasteiger partial charge in [-0.2, -0.15) is 0 Å². The number of carboxylic acids is 3. The van der Waals surface area contributed by atoms with Crippen LogP contribution < -0.4 is 11.5 Å². The monoisotopic (exact) mass is 330 g/mol. The maximum Gasteiger partial charge on any atom is 0.321 e. The van der Waals surface area contributed by atoms with Crippen LogP contribution in [-0.4, -0.2) is 55.5 Å². The minimum absolute atomic E-state index is 0.114. The summed E-state index contributed by atoms with van der Waals surface area (Å²) in [6.45, 7) is 0. The fourth-order valence-corrected chi connectivity index (χ4v) is 1.31. The summed E-state index contributed by atoms with van der Waals surface area (Å²) in [5.74, 6) is -4.11. The zero-order valence-electron chi connectivity index (χ0n) is 11.9. The number of carbonyl (C=O) groups is 3. The van der Waals surface area contributed by atoms with E-state index < -0.39 is 36.4 Å². The van der Waals surface area contributed by atoms with Crippen LogP contribution in [0.25, 0.3) is 0 Å². The van der Waals surface area contributed by atoms with Gasteiger partial charge in [0.05, 0.1) is 6.42 Å². The van der Waals surface area contributed by atoms with E-state index in [1.54, 1.807) is 0 Å². The van der Waals surface area contributed by atoms with Gasteiger partial charge in [-0.3, -0.25) is 14.4 Å². The van der Waals surface area contributed by atoms with Crippen molar-refractivity contribution in [2.45, 2.75) is 24.9 Å². The predicted octanol–water partition coefficient (Wildman–Crippen LogP) is -1.07. The van der Waals surface area contributed by atoms with Crippen molar-refractivity contribution >= 4 is 17.9 Å². The van der Waals surface area contributed by atoms with Gasteiger partial charge >= 0.3 is 17.9 Å². The molecule has 1 unspecified atom stereocenters. The van der Waals surface area contributed by atoms with Gasteiger partial charge in [0.2, 0.25) is 0 Å². The van der Waals surface area contributed by atoms with Crippen LogP contribution in [0.4, 0.5) is 0 Å². The lowest BCUT2D eigenvalue weighted by atomic mass is 10.1. The van der Waals surface area contributed by atoms with Gasteiger partial charge in [0.25, 0.3) is 0 Å². The van der Waals surface area contributed by atoms with Crippen LogP contribution in [0.3, 0.4) is 0 Å². The molecule has 0 heterocycles. The molecule has 0 spiro atoms. The van der Waals surface area contributed by atoms with E-state index in [2.05, 4.69) is 0 Å². The molecular formula is C13H18N2O8. The van der Waals surface area contributed by atoms with Gasteiger partial charge < -0.3 is 37.0 Å². The van der Waals surface area contributed by atoms with Gasteiger partial charge in [-0.05, 0) is 24.1 Å². The summed E-state index contributed by atoms with van der Waals surface area (Å²) in [5, 5.41) is 42.7. The number of aromatic hydroxyl groups is 2. The van der Waals surface area contributed by atoms with Gasteiger partial charge in [0.1, 0.15) is 12.1 Å². The molecule has 0 saturated carbocycles. The van der Waals surface area contributed by atoms with Crippen molar-refractivity contribution < 1.29 is 39.9 Å². The quantitative estimate of drug-likeness (QED) is 0.314. The average molecular weight is 330 g/mol. The number of nitrogens with two attached hydrogens (primary N) is 2. The number of carboxylic acid groups (broad SMARTS) is 3. The Hall–Kier alpha value is -2.85. The standard InChI is InChI=1S/C9H11NO4.C4H7NO4/c10-6(9(13)14)3-5-1-2-7(11)8(12)4-5;5-2(4(8)9)1-3(6)7/h1-2,4,6,11-12H,3,10H2,(H,13,14);2H,1,5H2,(H,6,7)(H,8,9)/t6-;/m0./s1. The molecule has 9 N–H and O–H groups in total. The zero-order chi connectivity index (χ0) is 18.2. The molecule has 128 valence electrons. The maximum atomic E-state index is 10.4. The van der Waals surface area contributed by atoms with Crippen LogP contribution >= 0.6 is 0 Å². The first kappa shape index (κ1) is 20.1. The fourth-order valence-electron chi connectivity index (χ4n) is 1.31. The van der Waals surface area contributed by atoms with E-state index in [0.717, 1.165) is 0 Å². The van der Waals surface area contributed by atoms with E-state index in [4.69, 9.17) is 37.0 Å². The molecule has 23 heavy (non-hydrogen) atoms. The van der Waals surface area contributed by atoms with E-state index >= 15 is 0 Å². The van der Waals surface area contributed by atoms with Crippen LogP contribution in [0, 0.1) is 0 Å². The first-order valence-electron chi connectivity index (χ1n) is 6.24. The molecule has 0 radical (unpaired) electrons. The summed E-state index contributed by atoms with van der Waals surface area (Å²) in [5.41, 5.74) is 10.7. The third-order valence-corrected chi connectivity index (χ3v) is 2.52. The van der Waals surface area contributed by atoms with E-state index in [1.165, 1.54) is 18.2 Å². The number of rotatable bonds is 6. The van der Waals surface area contributed by atoms with Crippen LogP contribution in [0.2, 0.25) is 0 Å². The maximum absolute atomic E-state index is 10.4. The van der Waals surface area contributed by atoms with Crippen molar-refractivity contribution in [3.8, 4) is 11.5 Å². The Kier molecular flexibility index (Phi) is 8.08. The highest BCUT2D eigenvalue weighted by Crippen LogP contribution is 2.25. The van der Waals surface area contributed by atoms with Gasteiger partial charge in [0.15, 0.2) is 11.5 Å². The third kappa shape index (κ3) is 8.24. The summed E-state index contributed by atoms with van der Waals surface area (Å²) in [6, 6.07) is 1.80. The Morgan fingerprint density at radius 2 is 1.43 bits per heavy atom. The topological polar surface area (TPSA) is 204 Å². The predicted molar refractivity (Wildman–Crippen MR) is 77.0 cm³/mol. The Balaban J connectivity index is 0.000000468. The Bertz CT molecular complexity index is 575. The number of aliphatic carboxylic acids is 3. The highest BCUT2D eigenvalue weighted by Gasteiger charge is 2.14. The lowest BCUT2D eigenvalue weighted by Gasteiger charge is -2.06. The summed E-state index contributed by atoms with van der Waals surface area (Å²) >= 11 is 0. The second kappa shape index (κ2) is 9.23. The largest absolute Gasteiger partial charge is 0.504 e. The molecule has 10 heteroatoms. The normalized spacial score (nSPS) is 12.4. The molecule has 0 bridgehead atoms. The van der Waals surface area contributed by atoms with Crippen molar-refractivity contribution in [2.75, 3.05) is 0 Å². The Morgan fingerprint density at radius 3 is 1.78 bits per heavy atom. The molecule has 1 aromatic rings. The smallest absolute Gasteiger partial charge is 0.321 e. The number of hydrogen-bond donors (Lipinski definition) is 7. The van der Waals surface area contributed by atoms with Crippen molar-refractivity contribution in [1.29, 1.82) is 0 Å². The highest BCUT2D eigenvalue weighted by molar-refractivity contribution is 5.80. The van der Waals surface area contributed by atoms with Crippen molar-refractivity contribution in [2.24, 2.45) is 11.5 Å². The van der Waals surface area contributed by atoms with Gasteiger partial charge in [-0.25, -0.2) is 0 Å². The number of phenolic OH excluding ortho intramolecular Hbond substituents is 2. The van der Waals surface area contributed by atoms with Crippen molar-refractivity contribution in [3.05, 3.63) is 23.8 Å². The van der Waals surface area contributed by atoms with Gasteiger partial charge in [0, 0.05) is 0 Å². The van der Waals surface area contributed by atoms with E-state index in [9.17, 15) is 14.4 Å². The van der Waals surface area contributed by atoms with E-state index in [-0.39, 0.29) is 17.9 Å². The summed E-state index contributed by atoms with van der Waals surface area (Å²) in [7, 11) is 0. The summed E-state index contributed by atoms with van der Waals surface area (Å²) < 4.78 is 0. The second-order valence-corrected chi connectivity index (χ2v) is 4.51. The molecular weight excluding hydrogens is 312 g/mol. The van der Waals surface area contributed by atoms with Crippen molar-refractivity contribution in [3.63, 3.8) is 0 Å². The number of phenols is 2. The molecule has 0 aliphatic rings. The first-order valence-corrected chi connectivity index (χ1v) is 6.24. The number of hydrogen-bond acceptors (Lipinski definition) is 7. The molecule has 0 amide bonds. The molecule has 1 aromatic carbocycles. The van der Waals surface area contributed by atoms with E-state index in [0.29, 0.717) is 5.56 Å². The average Bonchev–Trinajstić information content (AvgIpc) is 2.42. The third-order valence-electron chi connectivity index (χ3n) is 2.52. The fraction of sp³-hybridized carbons (Fsp3) is 0.308. The molecule has 0 fully saturated rings. The zero-order valence-corrected chi connectivity index (χ0v) is 11.9.